The Balaban J connectivity index is 1.22. The number of anilines is 2. The van der Waals surface area contributed by atoms with Gasteiger partial charge in [0.15, 0.2) is 5.11 Å². The lowest BCUT2D eigenvalue weighted by molar-refractivity contribution is 0.391. The standard InChI is InChI=1S/C27H23N5S3/c33-27(32-14-12-31(13-15-32)20-6-2-1-3-7-20)28-19-10-11-21-22(18-19)30-26(24-9-5-17-35-24)25(29-21)23-8-4-16-34-23/h1-11,16-18H,12-15H2,(H,28,33). The fraction of sp³-hybridized carbons (Fsp3) is 0.148. The minimum absolute atomic E-state index is 0.749. The van der Waals surface area contributed by atoms with Crippen molar-refractivity contribution in [2.45, 2.75) is 0 Å². The predicted octanol–water partition coefficient (Wildman–Crippen LogP) is 6.61. The number of aromatic nitrogens is 2. The molecule has 1 N–H and O–H groups in total. The van der Waals surface area contributed by atoms with Crippen LogP contribution in [-0.4, -0.2) is 46.2 Å². The third-order valence-corrected chi connectivity index (χ3v) is 8.23. The van der Waals surface area contributed by atoms with E-state index >= 15 is 0 Å². The topological polar surface area (TPSA) is 44.3 Å². The summed E-state index contributed by atoms with van der Waals surface area (Å²) < 4.78 is 0. The van der Waals surface area contributed by atoms with E-state index in [1.165, 1.54) is 5.69 Å². The number of fused-ring (bicyclic) bond motifs is 1. The summed E-state index contributed by atoms with van der Waals surface area (Å²) in [7, 11) is 0. The van der Waals surface area contributed by atoms with Crippen LogP contribution in [0.1, 0.15) is 0 Å². The van der Waals surface area contributed by atoms with Gasteiger partial charge in [0.25, 0.3) is 0 Å². The van der Waals surface area contributed by atoms with Gasteiger partial charge in [-0.1, -0.05) is 30.3 Å². The molecule has 1 saturated heterocycles. The first-order valence-electron chi connectivity index (χ1n) is 11.5. The normalized spacial score (nSPS) is 13.8. The van der Waals surface area contributed by atoms with Gasteiger partial charge in [0.1, 0.15) is 11.4 Å². The van der Waals surface area contributed by atoms with Gasteiger partial charge in [-0.2, -0.15) is 0 Å². The number of para-hydroxylation sites is 1. The molecular formula is C27H23N5S3. The van der Waals surface area contributed by atoms with Crippen LogP contribution in [0.2, 0.25) is 0 Å². The molecule has 0 unspecified atom stereocenters. The fourth-order valence-electron chi connectivity index (χ4n) is 4.31. The van der Waals surface area contributed by atoms with E-state index in [0.717, 1.165) is 69.2 Å². The Bertz CT molecular complexity index is 1440. The second-order valence-electron chi connectivity index (χ2n) is 8.32. The second-order valence-corrected chi connectivity index (χ2v) is 10.6. The van der Waals surface area contributed by atoms with E-state index in [1.807, 2.05) is 18.2 Å². The smallest absolute Gasteiger partial charge is 0.173 e. The summed E-state index contributed by atoms with van der Waals surface area (Å²) in [6, 6.07) is 25.0. The number of thiophene rings is 2. The molecule has 174 valence electrons. The zero-order valence-electron chi connectivity index (χ0n) is 18.9. The number of piperazine rings is 1. The molecule has 0 amide bonds. The number of hydrogen-bond donors (Lipinski definition) is 1. The molecule has 0 spiro atoms. The lowest BCUT2D eigenvalue weighted by atomic mass is 10.2. The zero-order chi connectivity index (χ0) is 23.6. The number of rotatable bonds is 4. The highest BCUT2D eigenvalue weighted by molar-refractivity contribution is 7.80. The van der Waals surface area contributed by atoms with Crippen LogP contribution in [0.5, 0.6) is 0 Å². The molecule has 2 aromatic carbocycles. The van der Waals surface area contributed by atoms with Gasteiger partial charge in [0, 0.05) is 37.6 Å². The number of hydrogen-bond acceptors (Lipinski definition) is 6. The van der Waals surface area contributed by atoms with Crippen LogP contribution < -0.4 is 10.2 Å². The van der Waals surface area contributed by atoms with Gasteiger partial charge in [-0.25, -0.2) is 9.97 Å². The Morgan fingerprint density at radius 2 is 1.40 bits per heavy atom. The van der Waals surface area contributed by atoms with Gasteiger partial charge in [0.05, 0.1) is 20.8 Å². The van der Waals surface area contributed by atoms with Crippen molar-refractivity contribution in [1.82, 2.24) is 14.9 Å². The molecule has 1 fully saturated rings. The van der Waals surface area contributed by atoms with E-state index < -0.39 is 0 Å². The summed E-state index contributed by atoms with van der Waals surface area (Å²) in [5, 5.41) is 8.33. The molecule has 0 aliphatic carbocycles. The highest BCUT2D eigenvalue weighted by Crippen LogP contribution is 2.35. The quantitative estimate of drug-likeness (QED) is 0.273. The Hall–Kier alpha value is -3.33. The highest BCUT2D eigenvalue weighted by atomic mass is 32.1. The largest absolute Gasteiger partial charge is 0.368 e. The van der Waals surface area contributed by atoms with Crippen molar-refractivity contribution in [3.63, 3.8) is 0 Å². The van der Waals surface area contributed by atoms with Crippen LogP contribution in [0.25, 0.3) is 32.2 Å². The Kier molecular flexibility index (Phi) is 6.16. The second kappa shape index (κ2) is 9.73. The summed E-state index contributed by atoms with van der Waals surface area (Å²) in [5.41, 5.74) is 5.79. The number of nitrogens with zero attached hydrogens (tertiary/aromatic N) is 4. The molecular weight excluding hydrogens is 491 g/mol. The van der Waals surface area contributed by atoms with Gasteiger partial charge in [0.2, 0.25) is 0 Å². The minimum atomic E-state index is 0.749. The van der Waals surface area contributed by atoms with Gasteiger partial charge in [-0.05, 0) is 65.4 Å². The van der Waals surface area contributed by atoms with Crippen LogP contribution in [0.4, 0.5) is 11.4 Å². The van der Waals surface area contributed by atoms with Crippen molar-refractivity contribution in [3.8, 4) is 21.1 Å². The van der Waals surface area contributed by atoms with Crippen molar-refractivity contribution in [2.24, 2.45) is 0 Å². The molecule has 0 radical (unpaired) electrons. The molecule has 8 heteroatoms. The molecule has 35 heavy (non-hydrogen) atoms. The van der Waals surface area contributed by atoms with E-state index in [2.05, 4.69) is 80.5 Å². The summed E-state index contributed by atoms with van der Waals surface area (Å²) in [6.07, 6.45) is 0. The number of nitrogens with one attached hydrogen (secondary N) is 1. The molecule has 5 nitrogen and oxygen atoms in total. The van der Waals surface area contributed by atoms with E-state index in [-0.39, 0.29) is 0 Å². The fourth-order valence-corrected chi connectivity index (χ4v) is 6.04. The molecule has 6 rings (SSSR count). The Labute approximate surface area is 217 Å². The van der Waals surface area contributed by atoms with Crippen LogP contribution >= 0.6 is 34.9 Å². The molecule has 1 aliphatic rings. The van der Waals surface area contributed by atoms with Crippen LogP contribution in [0.15, 0.2) is 83.6 Å². The first-order chi connectivity index (χ1) is 17.2. The molecule has 3 aromatic heterocycles. The van der Waals surface area contributed by atoms with Crippen molar-refractivity contribution in [1.29, 1.82) is 0 Å². The number of thiocarbonyl (C=S) groups is 1. The predicted molar refractivity (Wildman–Crippen MR) is 153 cm³/mol. The molecule has 0 saturated carbocycles. The maximum absolute atomic E-state index is 5.76. The SMILES string of the molecule is S=C(Nc1ccc2nc(-c3cccs3)c(-c3cccs3)nc2c1)N1CCN(c2ccccc2)CC1. The summed E-state index contributed by atoms with van der Waals surface area (Å²) in [4.78, 5) is 16.9. The molecule has 5 aromatic rings. The van der Waals surface area contributed by atoms with Crippen molar-refractivity contribution in [2.75, 3.05) is 36.4 Å². The lowest BCUT2D eigenvalue weighted by Crippen LogP contribution is -2.50. The summed E-state index contributed by atoms with van der Waals surface area (Å²) >= 11 is 9.13. The van der Waals surface area contributed by atoms with Crippen LogP contribution in [0, 0.1) is 0 Å². The van der Waals surface area contributed by atoms with E-state index in [9.17, 15) is 0 Å². The molecule has 1 aliphatic heterocycles. The van der Waals surface area contributed by atoms with Crippen molar-refractivity contribution in [3.05, 3.63) is 83.6 Å². The Morgan fingerprint density at radius 1 is 0.743 bits per heavy atom. The van der Waals surface area contributed by atoms with Gasteiger partial charge in [-0.15, -0.1) is 22.7 Å². The first-order valence-corrected chi connectivity index (χ1v) is 13.7. The third-order valence-electron chi connectivity index (χ3n) is 6.11. The summed E-state index contributed by atoms with van der Waals surface area (Å²) in [5.74, 6) is 0. The monoisotopic (exact) mass is 513 g/mol. The number of benzene rings is 2. The highest BCUT2D eigenvalue weighted by Gasteiger charge is 2.20. The molecule has 0 atom stereocenters. The van der Waals surface area contributed by atoms with Crippen LogP contribution in [0.3, 0.4) is 0 Å². The lowest BCUT2D eigenvalue weighted by Gasteiger charge is -2.37. The van der Waals surface area contributed by atoms with E-state index in [0.29, 0.717) is 0 Å². The third kappa shape index (κ3) is 4.65. The maximum Gasteiger partial charge on any atom is 0.173 e. The first kappa shape index (κ1) is 22.2. The molecule has 0 bridgehead atoms. The van der Waals surface area contributed by atoms with Crippen molar-refractivity contribution < 1.29 is 0 Å². The maximum atomic E-state index is 5.76. The van der Waals surface area contributed by atoms with E-state index in [4.69, 9.17) is 22.2 Å². The molecule has 4 heterocycles. The van der Waals surface area contributed by atoms with Crippen molar-refractivity contribution >= 4 is 62.4 Å². The average molecular weight is 514 g/mol. The Morgan fingerprint density at radius 3 is 2.03 bits per heavy atom. The summed E-state index contributed by atoms with van der Waals surface area (Å²) in [6.45, 7) is 3.68. The zero-order valence-corrected chi connectivity index (χ0v) is 21.4. The van der Waals surface area contributed by atoms with E-state index in [1.54, 1.807) is 22.7 Å². The minimum Gasteiger partial charge on any atom is -0.368 e. The average Bonchev–Trinajstić information content (AvgIpc) is 3.63. The van der Waals surface area contributed by atoms with Crippen LogP contribution in [-0.2, 0) is 0 Å². The van der Waals surface area contributed by atoms with Gasteiger partial charge in [-0.3, -0.25) is 0 Å². The van der Waals surface area contributed by atoms with Gasteiger partial charge >= 0.3 is 0 Å². The van der Waals surface area contributed by atoms with Gasteiger partial charge < -0.3 is 15.1 Å².